The Bertz CT molecular complexity index is 1030. The average Bonchev–Trinajstić information content (AvgIpc) is 3.34. The lowest BCUT2D eigenvalue weighted by molar-refractivity contribution is -0.120. The summed E-state index contributed by atoms with van der Waals surface area (Å²) in [5, 5.41) is 5.54. The lowest BCUT2D eigenvalue weighted by Crippen LogP contribution is -2.38. The Morgan fingerprint density at radius 1 is 1.03 bits per heavy atom. The number of ether oxygens (including phenoxy) is 2. The van der Waals surface area contributed by atoms with Crippen molar-refractivity contribution in [3.63, 3.8) is 0 Å². The van der Waals surface area contributed by atoms with Crippen molar-refractivity contribution >= 4 is 11.8 Å². The Balaban J connectivity index is 1.53. The minimum atomic E-state index is -0.360. The van der Waals surface area contributed by atoms with Crippen LogP contribution >= 0.6 is 0 Å². The first-order valence-electron chi connectivity index (χ1n) is 10.6. The van der Waals surface area contributed by atoms with E-state index in [1.807, 2.05) is 55.8 Å². The van der Waals surface area contributed by atoms with Crippen LogP contribution in [0, 0.1) is 0 Å². The van der Waals surface area contributed by atoms with E-state index in [9.17, 15) is 9.59 Å². The van der Waals surface area contributed by atoms with Gasteiger partial charge in [-0.15, -0.1) is 0 Å². The summed E-state index contributed by atoms with van der Waals surface area (Å²) in [6.45, 7) is 6.45. The Morgan fingerprint density at radius 3 is 2.41 bits per heavy atom. The molecule has 0 saturated carbocycles. The fourth-order valence-electron chi connectivity index (χ4n) is 3.18. The molecule has 2 amide bonds. The van der Waals surface area contributed by atoms with Gasteiger partial charge in [-0.25, -0.2) is 4.98 Å². The lowest BCUT2D eigenvalue weighted by atomic mass is 10.1. The first-order valence-corrected chi connectivity index (χ1v) is 10.6. The molecule has 0 radical (unpaired) electrons. The minimum absolute atomic E-state index is 0.131. The predicted molar refractivity (Wildman–Crippen MR) is 121 cm³/mol. The van der Waals surface area contributed by atoms with Crippen molar-refractivity contribution in [3.8, 4) is 17.2 Å². The highest BCUT2D eigenvalue weighted by Gasteiger charge is 2.14. The van der Waals surface area contributed by atoms with Gasteiger partial charge in [0.1, 0.15) is 0 Å². The molecule has 0 aliphatic carbocycles. The smallest absolute Gasteiger partial charge is 0.251 e. The number of hydrogen-bond acceptors (Lipinski definition) is 5. The lowest BCUT2D eigenvalue weighted by Gasteiger charge is -2.16. The van der Waals surface area contributed by atoms with Crippen LogP contribution in [0.4, 0.5) is 0 Å². The molecule has 8 heteroatoms. The number of rotatable bonds is 10. The molecular formula is C24H28N4O4. The third-order valence-corrected chi connectivity index (χ3v) is 4.79. The van der Waals surface area contributed by atoms with Crippen molar-refractivity contribution in [1.29, 1.82) is 0 Å². The zero-order valence-electron chi connectivity index (χ0n) is 18.5. The van der Waals surface area contributed by atoms with Gasteiger partial charge in [-0.2, -0.15) is 0 Å². The van der Waals surface area contributed by atoms with Gasteiger partial charge in [0.05, 0.1) is 32.1 Å². The molecule has 1 aromatic heterocycles. The van der Waals surface area contributed by atoms with Gasteiger partial charge in [0.25, 0.3) is 5.91 Å². The molecule has 0 saturated heterocycles. The summed E-state index contributed by atoms with van der Waals surface area (Å²) in [4.78, 5) is 28.9. The molecule has 2 N–H and O–H groups in total. The summed E-state index contributed by atoms with van der Waals surface area (Å²) in [6, 6.07) is 12.6. The number of imidazole rings is 1. The fourth-order valence-corrected chi connectivity index (χ4v) is 3.18. The maximum absolute atomic E-state index is 12.5. The third-order valence-electron chi connectivity index (χ3n) is 4.79. The van der Waals surface area contributed by atoms with Crippen LogP contribution in [0.2, 0.25) is 0 Å². The van der Waals surface area contributed by atoms with Crippen LogP contribution in [0.5, 0.6) is 11.5 Å². The molecule has 3 rings (SSSR count). The summed E-state index contributed by atoms with van der Waals surface area (Å²) in [5.74, 6) is 0.442. The summed E-state index contributed by atoms with van der Waals surface area (Å²) >= 11 is 0. The molecular weight excluding hydrogens is 408 g/mol. The Kier molecular flexibility index (Phi) is 7.85. The summed E-state index contributed by atoms with van der Waals surface area (Å²) in [7, 11) is 0. The van der Waals surface area contributed by atoms with Gasteiger partial charge in [-0.3, -0.25) is 9.59 Å². The molecule has 0 aliphatic heterocycles. The highest BCUT2D eigenvalue weighted by Crippen LogP contribution is 2.28. The number of nitrogens with zero attached hydrogens (tertiary/aromatic N) is 2. The van der Waals surface area contributed by atoms with Crippen LogP contribution in [-0.2, 0) is 4.79 Å². The second-order valence-electron chi connectivity index (χ2n) is 7.06. The van der Waals surface area contributed by atoms with Crippen LogP contribution in [0.1, 0.15) is 42.7 Å². The molecule has 32 heavy (non-hydrogen) atoms. The standard InChI is InChI=1S/C24H28N4O4/c1-4-31-21-11-8-19(14-22(21)32-5-2)24(30)26-15-23(29)27-17(3)18-6-9-20(10-7-18)28-13-12-25-16-28/h6-14,16-17H,4-5,15H2,1-3H3,(H,26,30)(H,27,29)/t17-/m0/s1. The van der Waals surface area contributed by atoms with Gasteiger partial charge in [0.15, 0.2) is 11.5 Å². The van der Waals surface area contributed by atoms with Crippen molar-refractivity contribution in [1.82, 2.24) is 20.2 Å². The number of nitrogens with one attached hydrogen (secondary N) is 2. The van der Waals surface area contributed by atoms with Gasteiger partial charge in [0.2, 0.25) is 5.91 Å². The van der Waals surface area contributed by atoms with Gasteiger partial charge >= 0.3 is 0 Å². The Labute approximate surface area is 187 Å². The van der Waals surface area contributed by atoms with Crippen LogP contribution in [-0.4, -0.2) is 41.1 Å². The van der Waals surface area contributed by atoms with Gasteiger partial charge < -0.3 is 24.7 Å². The van der Waals surface area contributed by atoms with Crippen LogP contribution in [0.25, 0.3) is 5.69 Å². The van der Waals surface area contributed by atoms with E-state index in [0.717, 1.165) is 11.3 Å². The fraction of sp³-hybridized carbons (Fsp3) is 0.292. The van der Waals surface area contributed by atoms with E-state index in [4.69, 9.17) is 9.47 Å². The molecule has 3 aromatic rings. The van der Waals surface area contributed by atoms with Crippen molar-refractivity contribution < 1.29 is 19.1 Å². The Hall–Kier alpha value is -3.81. The zero-order chi connectivity index (χ0) is 22.9. The molecule has 0 spiro atoms. The van der Waals surface area contributed by atoms with Crippen LogP contribution in [0.15, 0.2) is 61.2 Å². The molecule has 0 aliphatic rings. The van der Waals surface area contributed by atoms with E-state index < -0.39 is 0 Å². The second kappa shape index (κ2) is 11.0. The first kappa shape index (κ1) is 22.9. The molecule has 8 nitrogen and oxygen atoms in total. The predicted octanol–water partition coefficient (Wildman–Crippen LogP) is 3.28. The highest BCUT2D eigenvalue weighted by molar-refractivity contribution is 5.97. The van der Waals surface area contributed by atoms with Crippen molar-refractivity contribution in [2.75, 3.05) is 19.8 Å². The topological polar surface area (TPSA) is 94.5 Å². The number of aromatic nitrogens is 2. The van der Waals surface area contributed by atoms with Gasteiger partial charge in [-0.05, 0) is 56.7 Å². The van der Waals surface area contributed by atoms with Crippen LogP contribution in [0.3, 0.4) is 0 Å². The average molecular weight is 437 g/mol. The normalized spacial score (nSPS) is 11.5. The monoisotopic (exact) mass is 436 g/mol. The summed E-state index contributed by atoms with van der Waals surface area (Å²) < 4.78 is 13.0. The molecule has 0 bridgehead atoms. The second-order valence-corrected chi connectivity index (χ2v) is 7.06. The highest BCUT2D eigenvalue weighted by atomic mass is 16.5. The number of benzene rings is 2. The van der Waals surface area contributed by atoms with Gasteiger partial charge in [0, 0.05) is 23.6 Å². The van der Waals surface area contributed by atoms with E-state index in [-0.39, 0.29) is 24.4 Å². The van der Waals surface area contributed by atoms with E-state index in [1.165, 1.54) is 0 Å². The number of carbonyl (C=O) groups is 2. The Morgan fingerprint density at radius 2 is 1.75 bits per heavy atom. The van der Waals surface area contributed by atoms with E-state index in [0.29, 0.717) is 30.3 Å². The third kappa shape index (κ3) is 5.87. The van der Waals surface area contributed by atoms with Crippen molar-refractivity contribution in [3.05, 3.63) is 72.3 Å². The SMILES string of the molecule is CCOc1ccc(C(=O)NCC(=O)N[C@@H](C)c2ccc(-n3ccnc3)cc2)cc1OCC. The van der Waals surface area contributed by atoms with E-state index in [2.05, 4.69) is 15.6 Å². The molecule has 2 aromatic carbocycles. The summed E-state index contributed by atoms with van der Waals surface area (Å²) in [6.07, 6.45) is 5.31. The van der Waals surface area contributed by atoms with E-state index in [1.54, 1.807) is 30.7 Å². The first-order chi connectivity index (χ1) is 15.5. The largest absolute Gasteiger partial charge is 0.490 e. The molecule has 0 unspecified atom stereocenters. The molecule has 168 valence electrons. The maximum Gasteiger partial charge on any atom is 0.251 e. The zero-order valence-corrected chi connectivity index (χ0v) is 18.5. The molecule has 1 heterocycles. The van der Waals surface area contributed by atoms with E-state index >= 15 is 0 Å². The molecule has 1 atom stereocenters. The number of hydrogen-bond donors (Lipinski definition) is 2. The maximum atomic E-state index is 12.5. The van der Waals surface area contributed by atoms with Gasteiger partial charge in [-0.1, -0.05) is 12.1 Å². The minimum Gasteiger partial charge on any atom is -0.490 e. The van der Waals surface area contributed by atoms with Crippen LogP contribution < -0.4 is 20.1 Å². The number of carbonyl (C=O) groups excluding carboxylic acids is 2. The number of amides is 2. The quantitative estimate of drug-likeness (QED) is 0.509. The van der Waals surface area contributed by atoms with Crippen molar-refractivity contribution in [2.45, 2.75) is 26.8 Å². The van der Waals surface area contributed by atoms with Crippen molar-refractivity contribution in [2.24, 2.45) is 0 Å². The molecule has 0 fully saturated rings. The summed E-state index contributed by atoms with van der Waals surface area (Å²) in [5.41, 5.74) is 2.34.